The Morgan fingerprint density at radius 1 is 1.31 bits per heavy atom. The minimum atomic E-state index is 0.311. The standard InChI is InChI=1S/C13H23N3/c1-9(10-14-7-8-16(10)6)15-11-12(2,3)13(11,4)5/h7-9,11,15H,1-6H3. The highest BCUT2D eigenvalue weighted by Gasteiger charge is 2.64. The van der Waals surface area contributed by atoms with Crippen molar-refractivity contribution >= 4 is 0 Å². The van der Waals surface area contributed by atoms with E-state index in [2.05, 4.69) is 49.5 Å². The lowest BCUT2D eigenvalue weighted by Crippen LogP contribution is -2.27. The predicted octanol–water partition coefficient (Wildman–Crippen LogP) is 2.51. The molecule has 1 heterocycles. The largest absolute Gasteiger partial charge is 0.337 e. The number of nitrogens with zero attached hydrogens (tertiary/aromatic N) is 2. The number of hydrogen-bond donors (Lipinski definition) is 1. The van der Waals surface area contributed by atoms with Crippen molar-refractivity contribution in [3.05, 3.63) is 18.2 Å². The Morgan fingerprint density at radius 3 is 2.25 bits per heavy atom. The van der Waals surface area contributed by atoms with Crippen LogP contribution in [0.2, 0.25) is 0 Å². The summed E-state index contributed by atoms with van der Waals surface area (Å²) in [6, 6.07) is 0.887. The maximum Gasteiger partial charge on any atom is 0.125 e. The molecule has 3 heteroatoms. The molecule has 3 nitrogen and oxygen atoms in total. The Balaban J connectivity index is 2.06. The van der Waals surface area contributed by atoms with Crippen molar-refractivity contribution in [2.24, 2.45) is 17.9 Å². The van der Waals surface area contributed by atoms with E-state index in [1.807, 2.05) is 19.4 Å². The normalized spacial score (nSPS) is 24.4. The van der Waals surface area contributed by atoms with Crippen molar-refractivity contribution < 1.29 is 0 Å². The van der Waals surface area contributed by atoms with Gasteiger partial charge in [0.1, 0.15) is 5.82 Å². The summed E-state index contributed by atoms with van der Waals surface area (Å²) in [5, 5.41) is 3.69. The van der Waals surface area contributed by atoms with Gasteiger partial charge in [-0.2, -0.15) is 0 Å². The zero-order valence-electron chi connectivity index (χ0n) is 11.2. The van der Waals surface area contributed by atoms with Gasteiger partial charge in [0.05, 0.1) is 6.04 Å². The van der Waals surface area contributed by atoms with Gasteiger partial charge in [-0.1, -0.05) is 27.7 Å². The second kappa shape index (κ2) is 3.33. The Kier molecular flexibility index (Phi) is 2.42. The van der Waals surface area contributed by atoms with Gasteiger partial charge in [0.25, 0.3) is 0 Å². The summed E-state index contributed by atoms with van der Waals surface area (Å²) in [6.45, 7) is 11.5. The molecule has 0 radical (unpaired) electrons. The Bertz CT molecular complexity index is 376. The van der Waals surface area contributed by atoms with E-state index in [1.54, 1.807) is 0 Å². The number of aromatic nitrogens is 2. The molecule has 1 fully saturated rings. The van der Waals surface area contributed by atoms with Crippen molar-refractivity contribution in [1.29, 1.82) is 0 Å². The van der Waals surface area contributed by atoms with Gasteiger partial charge in [-0.05, 0) is 17.8 Å². The highest BCUT2D eigenvalue weighted by atomic mass is 15.1. The summed E-state index contributed by atoms with van der Waals surface area (Å²) in [4.78, 5) is 4.39. The van der Waals surface area contributed by atoms with Crippen LogP contribution < -0.4 is 5.32 Å². The van der Waals surface area contributed by atoms with Crippen LogP contribution in [0, 0.1) is 10.8 Å². The molecule has 2 rings (SSSR count). The molecule has 0 aliphatic heterocycles. The molecular formula is C13H23N3. The summed E-state index contributed by atoms with van der Waals surface area (Å²) in [5.74, 6) is 1.11. The van der Waals surface area contributed by atoms with E-state index >= 15 is 0 Å². The highest BCUT2D eigenvalue weighted by Crippen LogP contribution is 2.63. The zero-order chi connectivity index (χ0) is 12.1. The second-order valence-electron chi connectivity index (χ2n) is 6.16. The number of aryl methyl sites for hydroxylation is 1. The first-order valence-electron chi connectivity index (χ1n) is 6.01. The fourth-order valence-corrected chi connectivity index (χ4v) is 2.73. The topological polar surface area (TPSA) is 29.9 Å². The van der Waals surface area contributed by atoms with E-state index in [0.717, 1.165) is 5.82 Å². The van der Waals surface area contributed by atoms with Crippen molar-refractivity contribution in [2.45, 2.75) is 46.7 Å². The first kappa shape index (κ1) is 11.6. The predicted molar refractivity (Wildman–Crippen MR) is 66.1 cm³/mol. The third-order valence-corrected chi connectivity index (χ3v) is 4.68. The molecule has 1 atom stereocenters. The van der Waals surface area contributed by atoms with Gasteiger partial charge < -0.3 is 9.88 Å². The summed E-state index contributed by atoms with van der Waals surface area (Å²) < 4.78 is 2.08. The van der Waals surface area contributed by atoms with Crippen LogP contribution in [0.5, 0.6) is 0 Å². The molecule has 1 aromatic rings. The molecule has 90 valence electrons. The van der Waals surface area contributed by atoms with Gasteiger partial charge in [-0.25, -0.2) is 4.98 Å². The summed E-state index contributed by atoms with van der Waals surface area (Å²) in [7, 11) is 2.05. The van der Waals surface area contributed by atoms with Gasteiger partial charge in [-0.15, -0.1) is 0 Å². The molecule has 1 saturated carbocycles. The van der Waals surface area contributed by atoms with Gasteiger partial charge in [0.2, 0.25) is 0 Å². The van der Waals surface area contributed by atoms with Crippen LogP contribution in [0.4, 0.5) is 0 Å². The van der Waals surface area contributed by atoms with Crippen LogP contribution >= 0.6 is 0 Å². The summed E-state index contributed by atoms with van der Waals surface area (Å²) >= 11 is 0. The van der Waals surface area contributed by atoms with Crippen LogP contribution in [0.15, 0.2) is 12.4 Å². The minimum Gasteiger partial charge on any atom is -0.337 e. The van der Waals surface area contributed by atoms with Crippen LogP contribution in [0.25, 0.3) is 0 Å². The first-order chi connectivity index (χ1) is 7.28. The number of hydrogen-bond acceptors (Lipinski definition) is 2. The van der Waals surface area contributed by atoms with Crippen molar-refractivity contribution in [3.63, 3.8) is 0 Å². The molecule has 16 heavy (non-hydrogen) atoms. The molecule has 0 saturated heterocycles. The molecular weight excluding hydrogens is 198 g/mol. The Hall–Kier alpha value is -0.830. The van der Waals surface area contributed by atoms with Gasteiger partial charge in [0.15, 0.2) is 0 Å². The molecule has 1 unspecified atom stereocenters. The van der Waals surface area contributed by atoms with E-state index in [9.17, 15) is 0 Å². The molecule has 1 aromatic heterocycles. The van der Waals surface area contributed by atoms with Crippen molar-refractivity contribution in [2.75, 3.05) is 0 Å². The average molecular weight is 221 g/mol. The van der Waals surface area contributed by atoms with Gasteiger partial charge >= 0.3 is 0 Å². The highest BCUT2D eigenvalue weighted by molar-refractivity contribution is 5.19. The molecule has 1 N–H and O–H groups in total. The smallest absolute Gasteiger partial charge is 0.125 e. The molecule has 1 aliphatic carbocycles. The van der Waals surface area contributed by atoms with Crippen LogP contribution in [0.1, 0.15) is 46.5 Å². The third-order valence-electron chi connectivity index (χ3n) is 4.68. The van der Waals surface area contributed by atoms with E-state index in [1.165, 1.54) is 0 Å². The third kappa shape index (κ3) is 1.49. The van der Waals surface area contributed by atoms with Crippen molar-refractivity contribution in [3.8, 4) is 0 Å². The second-order valence-corrected chi connectivity index (χ2v) is 6.16. The van der Waals surface area contributed by atoms with E-state index in [4.69, 9.17) is 0 Å². The number of imidazole rings is 1. The van der Waals surface area contributed by atoms with Gasteiger partial charge in [-0.3, -0.25) is 0 Å². The fraction of sp³-hybridized carbons (Fsp3) is 0.769. The summed E-state index contributed by atoms with van der Waals surface area (Å²) in [5.41, 5.74) is 0.763. The molecule has 1 aliphatic rings. The lowest BCUT2D eigenvalue weighted by atomic mass is 10.0. The quantitative estimate of drug-likeness (QED) is 0.850. The maximum absolute atomic E-state index is 4.39. The van der Waals surface area contributed by atoms with Gasteiger partial charge in [0, 0.05) is 25.5 Å². The van der Waals surface area contributed by atoms with E-state index < -0.39 is 0 Å². The molecule has 0 spiro atoms. The fourth-order valence-electron chi connectivity index (χ4n) is 2.73. The molecule has 0 amide bonds. The van der Waals surface area contributed by atoms with E-state index in [-0.39, 0.29) is 0 Å². The molecule has 0 bridgehead atoms. The molecule has 0 aromatic carbocycles. The lowest BCUT2D eigenvalue weighted by Gasteiger charge is -2.15. The number of rotatable bonds is 3. The lowest BCUT2D eigenvalue weighted by molar-refractivity contribution is 0.457. The minimum absolute atomic E-state index is 0.311. The Morgan fingerprint density at radius 2 is 1.88 bits per heavy atom. The first-order valence-corrected chi connectivity index (χ1v) is 6.01. The maximum atomic E-state index is 4.39. The van der Waals surface area contributed by atoms with Crippen LogP contribution in [-0.4, -0.2) is 15.6 Å². The number of nitrogens with one attached hydrogen (secondary N) is 1. The Labute approximate surface area is 98.3 Å². The average Bonchev–Trinajstić information content (AvgIpc) is 2.57. The van der Waals surface area contributed by atoms with Crippen LogP contribution in [-0.2, 0) is 7.05 Å². The SMILES string of the molecule is CC(NC1C(C)(C)C1(C)C)c1nccn1C. The monoisotopic (exact) mass is 221 g/mol. The van der Waals surface area contributed by atoms with Crippen molar-refractivity contribution in [1.82, 2.24) is 14.9 Å². The summed E-state index contributed by atoms with van der Waals surface area (Å²) in [6.07, 6.45) is 3.85. The zero-order valence-corrected chi connectivity index (χ0v) is 11.2. The van der Waals surface area contributed by atoms with Crippen LogP contribution in [0.3, 0.4) is 0 Å². The van der Waals surface area contributed by atoms with E-state index in [0.29, 0.717) is 22.9 Å².